The number of piperazine rings is 1. The van der Waals surface area contributed by atoms with E-state index in [4.69, 9.17) is 34.8 Å². The monoisotopic (exact) mass is 397 g/mol. The zero-order chi connectivity index (χ0) is 17.8. The summed E-state index contributed by atoms with van der Waals surface area (Å²) in [6.07, 6.45) is 0. The molecule has 1 aliphatic heterocycles. The lowest BCUT2D eigenvalue weighted by Crippen LogP contribution is -2.48. The predicted octanol–water partition coefficient (Wildman–Crippen LogP) is 4.41. The molecule has 1 fully saturated rings. The molecule has 1 aliphatic rings. The molecule has 1 N–H and O–H groups in total. The van der Waals surface area contributed by atoms with Gasteiger partial charge in [-0.3, -0.25) is 9.69 Å². The van der Waals surface area contributed by atoms with E-state index >= 15 is 0 Å². The lowest BCUT2D eigenvalue weighted by molar-refractivity contribution is -0.117. The highest BCUT2D eigenvalue weighted by Crippen LogP contribution is 2.27. The van der Waals surface area contributed by atoms with Crippen LogP contribution in [0, 0.1) is 0 Å². The van der Waals surface area contributed by atoms with Crippen LogP contribution < -0.4 is 10.2 Å². The van der Waals surface area contributed by atoms with Gasteiger partial charge in [0.2, 0.25) is 5.91 Å². The summed E-state index contributed by atoms with van der Waals surface area (Å²) < 4.78 is 0. The Kier molecular flexibility index (Phi) is 6.07. The van der Waals surface area contributed by atoms with Crippen LogP contribution in [0.15, 0.2) is 42.5 Å². The van der Waals surface area contributed by atoms with Crippen LogP contribution in [-0.2, 0) is 4.79 Å². The first kappa shape index (κ1) is 18.3. The quantitative estimate of drug-likeness (QED) is 0.829. The zero-order valence-electron chi connectivity index (χ0n) is 13.5. The van der Waals surface area contributed by atoms with E-state index in [1.54, 1.807) is 12.1 Å². The van der Waals surface area contributed by atoms with Crippen molar-refractivity contribution in [2.24, 2.45) is 0 Å². The molecule has 3 rings (SSSR count). The van der Waals surface area contributed by atoms with Gasteiger partial charge in [-0.25, -0.2) is 0 Å². The number of carbonyl (C=O) groups is 1. The fourth-order valence-electron chi connectivity index (χ4n) is 2.82. The number of benzene rings is 2. The Morgan fingerprint density at radius 1 is 0.960 bits per heavy atom. The van der Waals surface area contributed by atoms with Gasteiger partial charge in [-0.05, 0) is 36.4 Å². The summed E-state index contributed by atoms with van der Waals surface area (Å²) in [4.78, 5) is 16.6. The van der Waals surface area contributed by atoms with Gasteiger partial charge in [0.05, 0.1) is 16.6 Å². The summed E-state index contributed by atoms with van der Waals surface area (Å²) >= 11 is 18.0. The predicted molar refractivity (Wildman–Crippen MR) is 105 cm³/mol. The fraction of sp³-hybridized carbons (Fsp3) is 0.278. The summed E-state index contributed by atoms with van der Waals surface area (Å²) in [6.45, 7) is 3.65. The van der Waals surface area contributed by atoms with Crippen molar-refractivity contribution in [3.05, 3.63) is 57.5 Å². The molecule has 0 unspecified atom stereocenters. The number of nitrogens with zero attached hydrogens (tertiary/aromatic N) is 2. The Hall–Kier alpha value is -1.46. The van der Waals surface area contributed by atoms with Gasteiger partial charge < -0.3 is 10.2 Å². The molecule has 132 valence electrons. The minimum absolute atomic E-state index is 0.0368. The van der Waals surface area contributed by atoms with Crippen molar-refractivity contribution in [3.63, 3.8) is 0 Å². The average molecular weight is 399 g/mol. The van der Waals surface area contributed by atoms with Crippen molar-refractivity contribution in [2.75, 3.05) is 42.9 Å². The molecule has 2 aromatic rings. The van der Waals surface area contributed by atoms with Crippen LogP contribution in [0.25, 0.3) is 0 Å². The van der Waals surface area contributed by atoms with Gasteiger partial charge in [-0.2, -0.15) is 0 Å². The van der Waals surface area contributed by atoms with E-state index in [1.165, 1.54) is 0 Å². The van der Waals surface area contributed by atoms with Gasteiger partial charge in [-0.1, -0.05) is 40.9 Å². The molecule has 0 aliphatic carbocycles. The average Bonchev–Trinajstić information content (AvgIpc) is 2.58. The first-order valence-electron chi connectivity index (χ1n) is 7.99. The minimum Gasteiger partial charge on any atom is -0.369 e. The molecule has 2 aromatic carbocycles. The third-order valence-corrected chi connectivity index (χ3v) is 5.09. The molecule has 0 spiro atoms. The van der Waals surface area contributed by atoms with Crippen molar-refractivity contribution in [1.29, 1.82) is 0 Å². The highest BCUT2D eigenvalue weighted by molar-refractivity contribution is 6.42. The van der Waals surface area contributed by atoms with Gasteiger partial charge >= 0.3 is 0 Å². The van der Waals surface area contributed by atoms with Gasteiger partial charge in [0, 0.05) is 42.6 Å². The summed E-state index contributed by atoms with van der Waals surface area (Å²) in [5.74, 6) is -0.0368. The molecule has 0 aromatic heterocycles. The summed E-state index contributed by atoms with van der Waals surface area (Å²) in [7, 11) is 0. The van der Waals surface area contributed by atoms with E-state index in [-0.39, 0.29) is 5.91 Å². The maximum absolute atomic E-state index is 12.2. The number of amides is 1. The molecule has 0 saturated carbocycles. The van der Waals surface area contributed by atoms with E-state index in [2.05, 4.69) is 15.1 Å². The summed E-state index contributed by atoms with van der Waals surface area (Å²) in [5, 5.41) is 4.60. The number of rotatable bonds is 4. The van der Waals surface area contributed by atoms with Crippen molar-refractivity contribution in [3.8, 4) is 0 Å². The summed E-state index contributed by atoms with van der Waals surface area (Å²) in [6, 6.07) is 12.8. The molecule has 0 radical (unpaired) electrons. The standard InChI is InChI=1S/C18H18Cl3N3O/c19-13-2-1-3-14(10-13)22-18(25)12-23-6-8-24(9-7-23)15-4-5-16(20)17(21)11-15/h1-5,10-11H,6-9,12H2,(H,22,25). The second kappa shape index (κ2) is 8.28. The van der Waals surface area contributed by atoms with Crippen LogP contribution in [0.2, 0.25) is 15.1 Å². The number of carbonyl (C=O) groups excluding carboxylic acids is 1. The number of anilines is 2. The summed E-state index contributed by atoms with van der Waals surface area (Å²) in [5.41, 5.74) is 1.77. The van der Waals surface area contributed by atoms with Crippen LogP contribution in [0.5, 0.6) is 0 Å². The van der Waals surface area contributed by atoms with E-state index in [0.717, 1.165) is 31.9 Å². The molecule has 1 saturated heterocycles. The van der Waals surface area contributed by atoms with Crippen LogP contribution in [0.4, 0.5) is 11.4 Å². The Morgan fingerprint density at radius 3 is 2.40 bits per heavy atom. The van der Waals surface area contributed by atoms with Crippen molar-refractivity contribution in [2.45, 2.75) is 0 Å². The van der Waals surface area contributed by atoms with Gasteiger partial charge in [0.25, 0.3) is 0 Å². The maximum atomic E-state index is 12.2. The number of halogens is 3. The van der Waals surface area contributed by atoms with Gasteiger partial charge in [0.15, 0.2) is 0 Å². The molecule has 25 heavy (non-hydrogen) atoms. The topological polar surface area (TPSA) is 35.6 Å². The normalized spacial score (nSPS) is 15.2. The van der Waals surface area contributed by atoms with Crippen molar-refractivity contribution >= 4 is 52.1 Å². The van der Waals surface area contributed by atoms with E-state index in [9.17, 15) is 4.79 Å². The Labute approximate surface area is 162 Å². The van der Waals surface area contributed by atoms with Crippen LogP contribution >= 0.6 is 34.8 Å². The minimum atomic E-state index is -0.0368. The second-order valence-corrected chi connectivity index (χ2v) is 7.17. The SMILES string of the molecule is O=C(CN1CCN(c2ccc(Cl)c(Cl)c2)CC1)Nc1cccc(Cl)c1. The maximum Gasteiger partial charge on any atom is 0.238 e. The molecule has 1 heterocycles. The molecule has 0 bridgehead atoms. The van der Waals surface area contributed by atoms with Crippen molar-refractivity contribution in [1.82, 2.24) is 4.90 Å². The molecular weight excluding hydrogens is 381 g/mol. The second-order valence-electron chi connectivity index (χ2n) is 5.92. The number of hydrogen-bond acceptors (Lipinski definition) is 3. The molecule has 0 atom stereocenters. The lowest BCUT2D eigenvalue weighted by atomic mass is 10.2. The Bertz CT molecular complexity index is 761. The zero-order valence-corrected chi connectivity index (χ0v) is 15.8. The van der Waals surface area contributed by atoms with E-state index in [1.807, 2.05) is 30.3 Å². The largest absolute Gasteiger partial charge is 0.369 e. The number of nitrogens with one attached hydrogen (secondary N) is 1. The van der Waals surface area contributed by atoms with E-state index < -0.39 is 0 Å². The molecule has 7 heteroatoms. The molecular formula is C18H18Cl3N3O. The first-order chi connectivity index (χ1) is 12.0. The highest BCUT2D eigenvalue weighted by atomic mass is 35.5. The smallest absolute Gasteiger partial charge is 0.238 e. The van der Waals surface area contributed by atoms with Gasteiger partial charge in [0.1, 0.15) is 0 Å². The lowest BCUT2D eigenvalue weighted by Gasteiger charge is -2.35. The number of hydrogen-bond donors (Lipinski definition) is 1. The Balaban J connectivity index is 1.50. The van der Waals surface area contributed by atoms with Gasteiger partial charge in [-0.15, -0.1) is 0 Å². The highest BCUT2D eigenvalue weighted by Gasteiger charge is 2.19. The Morgan fingerprint density at radius 2 is 1.72 bits per heavy atom. The first-order valence-corrected chi connectivity index (χ1v) is 9.12. The van der Waals surface area contributed by atoms with Crippen molar-refractivity contribution < 1.29 is 4.79 Å². The van der Waals surface area contributed by atoms with Crippen LogP contribution in [0.1, 0.15) is 0 Å². The molecule has 1 amide bonds. The fourth-order valence-corrected chi connectivity index (χ4v) is 3.30. The van der Waals surface area contributed by atoms with Crippen LogP contribution in [0.3, 0.4) is 0 Å². The molecule has 4 nitrogen and oxygen atoms in total. The van der Waals surface area contributed by atoms with E-state index in [0.29, 0.717) is 27.3 Å². The third-order valence-electron chi connectivity index (χ3n) is 4.12. The van der Waals surface area contributed by atoms with Crippen LogP contribution in [-0.4, -0.2) is 43.5 Å². The third kappa shape index (κ3) is 5.02.